The van der Waals surface area contributed by atoms with Crippen molar-refractivity contribution >= 4 is 23.2 Å². The molecule has 1 aromatic rings. The molecule has 3 nitrogen and oxygen atoms in total. The van der Waals surface area contributed by atoms with Crippen LogP contribution < -0.4 is 4.90 Å². The summed E-state index contributed by atoms with van der Waals surface area (Å²) < 4.78 is 0. The first-order valence-electron chi connectivity index (χ1n) is 5.10. The van der Waals surface area contributed by atoms with E-state index in [9.17, 15) is 4.79 Å². The van der Waals surface area contributed by atoms with E-state index in [1.54, 1.807) is 18.0 Å². The highest BCUT2D eigenvalue weighted by molar-refractivity contribution is 6.34. The number of nitrogens with zero attached hydrogens (tertiary/aromatic N) is 2. The molecule has 0 spiro atoms. The van der Waals surface area contributed by atoms with E-state index < -0.39 is 0 Å². The van der Waals surface area contributed by atoms with Crippen LogP contribution in [0.1, 0.15) is 5.56 Å². The van der Waals surface area contributed by atoms with Gasteiger partial charge >= 0.3 is 0 Å². The van der Waals surface area contributed by atoms with Gasteiger partial charge in [0.25, 0.3) is 0 Å². The predicted molar refractivity (Wildman–Crippen MR) is 68.2 cm³/mol. The van der Waals surface area contributed by atoms with E-state index in [0.29, 0.717) is 11.6 Å². The molecule has 88 valence electrons. The van der Waals surface area contributed by atoms with E-state index in [-0.39, 0.29) is 5.91 Å². The second-order valence-corrected chi connectivity index (χ2v) is 4.50. The van der Waals surface area contributed by atoms with Crippen molar-refractivity contribution in [2.45, 2.75) is 6.92 Å². The third kappa shape index (κ3) is 2.97. The van der Waals surface area contributed by atoms with Gasteiger partial charge < -0.3 is 9.80 Å². The molecule has 0 aliphatic heterocycles. The van der Waals surface area contributed by atoms with E-state index in [1.807, 2.05) is 38.1 Å². The summed E-state index contributed by atoms with van der Waals surface area (Å²) in [5, 5.41) is 0.606. The third-order valence-electron chi connectivity index (χ3n) is 2.35. The van der Waals surface area contributed by atoms with Gasteiger partial charge in [-0.25, -0.2) is 0 Å². The van der Waals surface area contributed by atoms with Crippen molar-refractivity contribution in [3.05, 3.63) is 28.8 Å². The maximum Gasteiger partial charge on any atom is 0.240 e. The van der Waals surface area contributed by atoms with Crippen molar-refractivity contribution in [2.24, 2.45) is 0 Å². The molecule has 0 aliphatic carbocycles. The Kier molecular flexibility index (Phi) is 4.33. The zero-order chi connectivity index (χ0) is 12.3. The lowest BCUT2D eigenvalue weighted by molar-refractivity contribution is -0.118. The number of rotatable bonds is 3. The summed E-state index contributed by atoms with van der Waals surface area (Å²) in [5.74, 6) is 0.0289. The van der Waals surface area contributed by atoms with Crippen LogP contribution in [-0.4, -0.2) is 38.5 Å². The van der Waals surface area contributed by atoms with Gasteiger partial charge in [-0.1, -0.05) is 23.7 Å². The summed E-state index contributed by atoms with van der Waals surface area (Å²) in [4.78, 5) is 15.3. The molecule has 16 heavy (non-hydrogen) atoms. The number of carbonyl (C=O) groups is 1. The molecule has 0 radical (unpaired) electrons. The minimum atomic E-state index is 0.0289. The van der Waals surface area contributed by atoms with Gasteiger partial charge in [-0.3, -0.25) is 4.79 Å². The first-order valence-corrected chi connectivity index (χ1v) is 5.47. The fraction of sp³-hybridized carbons (Fsp3) is 0.417. The van der Waals surface area contributed by atoms with Crippen molar-refractivity contribution < 1.29 is 4.79 Å². The number of anilines is 1. The zero-order valence-electron chi connectivity index (χ0n) is 10.1. The van der Waals surface area contributed by atoms with Crippen LogP contribution >= 0.6 is 11.6 Å². The van der Waals surface area contributed by atoms with Crippen LogP contribution in [0.25, 0.3) is 0 Å². The topological polar surface area (TPSA) is 23.6 Å². The summed E-state index contributed by atoms with van der Waals surface area (Å²) >= 11 is 6.10. The predicted octanol–water partition coefficient (Wildman–Crippen LogP) is 2.17. The Hall–Kier alpha value is -1.06. The molecule has 0 atom stereocenters. The standard InChI is InChI=1S/C12H17ClN2O/c1-9-6-5-7-10(13)12(9)15(4)11(16)8-14(2)3/h5-7H,8H2,1-4H3. The number of hydrogen-bond donors (Lipinski definition) is 0. The molecule has 0 heterocycles. The molecule has 4 heteroatoms. The van der Waals surface area contributed by atoms with E-state index in [2.05, 4.69) is 0 Å². The van der Waals surface area contributed by atoms with Crippen LogP contribution in [0.5, 0.6) is 0 Å². The second kappa shape index (κ2) is 5.32. The van der Waals surface area contributed by atoms with Crippen molar-refractivity contribution in [3.63, 3.8) is 0 Å². The van der Waals surface area contributed by atoms with Crippen LogP contribution in [0, 0.1) is 6.92 Å². The Bertz CT molecular complexity index is 370. The van der Waals surface area contributed by atoms with Gasteiger partial charge in [-0.2, -0.15) is 0 Å². The number of hydrogen-bond acceptors (Lipinski definition) is 2. The van der Waals surface area contributed by atoms with Gasteiger partial charge in [0.1, 0.15) is 0 Å². The highest BCUT2D eigenvalue weighted by Gasteiger charge is 2.16. The van der Waals surface area contributed by atoms with Crippen LogP contribution in [0.2, 0.25) is 5.02 Å². The van der Waals surface area contributed by atoms with Crippen LogP contribution in [-0.2, 0) is 4.79 Å². The fourth-order valence-electron chi connectivity index (χ4n) is 1.55. The van der Waals surface area contributed by atoms with Gasteiger partial charge in [0, 0.05) is 7.05 Å². The maximum absolute atomic E-state index is 11.9. The Morgan fingerprint density at radius 1 is 1.31 bits per heavy atom. The van der Waals surface area contributed by atoms with Crippen molar-refractivity contribution in [1.82, 2.24) is 4.90 Å². The molecular weight excluding hydrogens is 224 g/mol. The molecule has 1 rings (SSSR count). The lowest BCUT2D eigenvalue weighted by atomic mass is 10.2. The average Bonchev–Trinajstić information content (AvgIpc) is 2.16. The highest BCUT2D eigenvalue weighted by Crippen LogP contribution is 2.28. The summed E-state index contributed by atoms with van der Waals surface area (Å²) in [6.45, 7) is 2.32. The first kappa shape index (κ1) is 13.0. The van der Waals surface area contributed by atoms with Gasteiger partial charge in [0.15, 0.2) is 0 Å². The Labute approximate surface area is 102 Å². The number of halogens is 1. The van der Waals surface area contributed by atoms with Crippen LogP contribution in [0.4, 0.5) is 5.69 Å². The average molecular weight is 241 g/mol. The van der Waals surface area contributed by atoms with Gasteiger partial charge in [0.05, 0.1) is 17.3 Å². The smallest absolute Gasteiger partial charge is 0.240 e. The van der Waals surface area contributed by atoms with Gasteiger partial charge in [0.2, 0.25) is 5.91 Å². The minimum Gasteiger partial charge on any atom is -0.313 e. The second-order valence-electron chi connectivity index (χ2n) is 4.10. The summed E-state index contributed by atoms with van der Waals surface area (Å²) in [7, 11) is 5.48. The molecule has 0 bridgehead atoms. The molecule has 1 amide bonds. The number of para-hydroxylation sites is 1. The van der Waals surface area contributed by atoms with E-state index in [0.717, 1.165) is 11.3 Å². The van der Waals surface area contributed by atoms with Crippen LogP contribution in [0.15, 0.2) is 18.2 Å². The fourth-order valence-corrected chi connectivity index (χ4v) is 1.90. The first-order chi connectivity index (χ1) is 7.43. The number of benzene rings is 1. The Balaban J connectivity index is 2.96. The molecule has 0 aromatic heterocycles. The third-order valence-corrected chi connectivity index (χ3v) is 2.65. The molecular formula is C12H17ClN2O. The SMILES string of the molecule is Cc1cccc(Cl)c1N(C)C(=O)CN(C)C. The van der Waals surface area contributed by atoms with Crippen LogP contribution in [0.3, 0.4) is 0 Å². The van der Waals surface area contributed by atoms with Gasteiger partial charge in [-0.15, -0.1) is 0 Å². The summed E-state index contributed by atoms with van der Waals surface area (Å²) in [5.41, 5.74) is 1.79. The minimum absolute atomic E-state index is 0.0289. The van der Waals surface area contributed by atoms with Crippen molar-refractivity contribution in [3.8, 4) is 0 Å². The number of carbonyl (C=O) groups excluding carboxylic acids is 1. The van der Waals surface area contributed by atoms with Gasteiger partial charge in [-0.05, 0) is 32.6 Å². The van der Waals surface area contributed by atoms with E-state index >= 15 is 0 Å². The highest BCUT2D eigenvalue weighted by atomic mass is 35.5. The summed E-state index contributed by atoms with van der Waals surface area (Å²) in [6, 6.07) is 5.62. The number of aryl methyl sites for hydroxylation is 1. The van der Waals surface area contributed by atoms with E-state index in [4.69, 9.17) is 11.6 Å². The monoisotopic (exact) mass is 240 g/mol. The zero-order valence-corrected chi connectivity index (χ0v) is 10.9. The number of likely N-dealkylation sites (N-methyl/N-ethyl adjacent to an activating group) is 2. The lowest BCUT2D eigenvalue weighted by Crippen LogP contribution is -2.35. The molecule has 0 fully saturated rings. The number of amides is 1. The normalized spacial score (nSPS) is 10.6. The maximum atomic E-state index is 11.9. The van der Waals surface area contributed by atoms with E-state index in [1.165, 1.54) is 0 Å². The van der Waals surface area contributed by atoms with Crippen molar-refractivity contribution in [1.29, 1.82) is 0 Å². The molecule has 0 saturated carbocycles. The molecule has 0 aliphatic rings. The molecule has 0 unspecified atom stereocenters. The Morgan fingerprint density at radius 3 is 2.44 bits per heavy atom. The Morgan fingerprint density at radius 2 is 1.94 bits per heavy atom. The molecule has 0 saturated heterocycles. The lowest BCUT2D eigenvalue weighted by Gasteiger charge is -2.22. The molecule has 1 aromatic carbocycles. The van der Waals surface area contributed by atoms with Crippen molar-refractivity contribution in [2.75, 3.05) is 32.6 Å². The quantitative estimate of drug-likeness (QED) is 0.809. The summed E-state index contributed by atoms with van der Waals surface area (Å²) in [6.07, 6.45) is 0. The molecule has 0 N–H and O–H groups in total. The largest absolute Gasteiger partial charge is 0.313 e.